The highest BCUT2D eigenvalue weighted by atomic mass is 35.5. The third-order valence-corrected chi connectivity index (χ3v) is 7.83. The van der Waals surface area contributed by atoms with Crippen LogP contribution in [-0.2, 0) is 29.2 Å². The molecule has 7 nitrogen and oxygen atoms in total. The minimum atomic E-state index is -0.535. The molecular formula is C29H24ClFN2O5S. The van der Waals surface area contributed by atoms with Gasteiger partial charge in [-0.1, -0.05) is 48.0 Å². The summed E-state index contributed by atoms with van der Waals surface area (Å²) in [6, 6.07) is 17.3. The molecular weight excluding hydrogens is 543 g/mol. The van der Waals surface area contributed by atoms with Crippen molar-refractivity contribution in [2.75, 3.05) is 20.2 Å². The van der Waals surface area contributed by atoms with Gasteiger partial charge in [-0.05, 0) is 65.2 Å². The van der Waals surface area contributed by atoms with Crippen LogP contribution in [0.4, 0.5) is 9.18 Å². The predicted molar refractivity (Wildman–Crippen MR) is 147 cm³/mol. The molecule has 0 atom stereocenters. The van der Waals surface area contributed by atoms with Crippen molar-refractivity contribution in [3.05, 3.63) is 98.7 Å². The Morgan fingerprint density at radius 3 is 2.64 bits per heavy atom. The lowest BCUT2D eigenvalue weighted by atomic mass is 10.00. The van der Waals surface area contributed by atoms with Crippen LogP contribution < -0.4 is 9.47 Å². The van der Waals surface area contributed by atoms with E-state index in [1.54, 1.807) is 35.2 Å². The van der Waals surface area contributed by atoms with Gasteiger partial charge in [0, 0.05) is 18.7 Å². The number of fused-ring (bicyclic) bond motifs is 1. The number of imide groups is 1. The fourth-order valence-electron chi connectivity index (χ4n) is 4.45. The minimum Gasteiger partial charge on any atom is -0.493 e. The molecule has 3 amide bonds. The van der Waals surface area contributed by atoms with E-state index >= 15 is 0 Å². The van der Waals surface area contributed by atoms with Crippen LogP contribution >= 0.6 is 23.4 Å². The molecule has 0 radical (unpaired) electrons. The van der Waals surface area contributed by atoms with Gasteiger partial charge in [-0.15, -0.1) is 0 Å². The Labute approximate surface area is 234 Å². The van der Waals surface area contributed by atoms with Gasteiger partial charge < -0.3 is 14.4 Å². The molecule has 5 rings (SSSR count). The first kappa shape index (κ1) is 26.8. The zero-order valence-electron chi connectivity index (χ0n) is 21.0. The summed E-state index contributed by atoms with van der Waals surface area (Å²) < 4.78 is 25.3. The van der Waals surface area contributed by atoms with Gasteiger partial charge in [0.1, 0.15) is 19.0 Å². The van der Waals surface area contributed by atoms with Gasteiger partial charge in [0.2, 0.25) is 5.91 Å². The first-order chi connectivity index (χ1) is 18.8. The highest BCUT2D eigenvalue weighted by Gasteiger charge is 2.37. The van der Waals surface area contributed by atoms with Crippen LogP contribution in [0.5, 0.6) is 11.5 Å². The Morgan fingerprint density at radius 2 is 1.87 bits per heavy atom. The summed E-state index contributed by atoms with van der Waals surface area (Å²) in [5.74, 6) is -0.589. The quantitative estimate of drug-likeness (QED) is 0.342. The van der Waals surface area contributed by atoms with E-state index < -0.39 is 17.0 Å². The minimum absolute atomic E-state index is 0.134. The number of hydrogen-bond donors (Lipinski definition) is 0. The number of ether oxygens (including phenoxy) is 2. The Bertz CT molecular complexity index is 1470. The molecule has 10 heteroatoms. The molecule has 0 saturated carbocycles. The molecule has 2 aliphatic rings. The summed E-state index contributed by atoms with van der Waals surface area (Å²) in [6.45, 7) is 0.540. The lowest BCUT2D eigenvalue weighted by molar-refractivity contribution is -0.136. The van der Waals surface area contributed by atoms with E-state index in [1.807, 2.05) is 24.3 Å². The first-order valence-electron chi connectivity index (χ1n) is 12.2. The zero-order valence-corrected chi connectivity index (χ0v) is 22.6. The van der Waals surface area contributed by atoms with Crippen LogP contribution in [0, 0.1) is 5.82 Å². The summed E-state index contributed by atoms with van der Waals surface area (Å²) in [6.07, 6.45) is 2.28. The Hall–Kier alpha value is -3.82. The monoisotopic (exact) mass is 566 g/mol. The third-order valence-electron chi connectivity index (χ3n) is 6.57. The molecule has 2 aliphatic heterocycles. The molecule has 200 valence electrons. The second-order valence-electron chi connectivity index (χ2n) is 9.00. The topological polar surface area (TPSA) is 76.2 Å². The number of nitrogens with zero attached hydrogens (tertiary/aromatic N) is 2. The van der Waals surface area contributed by atoms with Gasteiger partial charge >= 0.3 is 0 Å². The molecule has 1 fully saturated rings. The Kier molecular flexibility index (Phi) is 7.90. The summed E-state index contributed by atoms with van der Waals surface area (Å²) in [4.78, 5) is 41.5. The van der Waals surface area contributed by atoms with Crippen molar-refractivity contribution in [1.82, 2.24) is 9.80 Å². The highest BCUT2D eigenvalue weighted by molar-refractivity contribution is 8.18. The molecule has 3 aromatic carbocycles. The maximum Gasteiger partial charge on any atom is 0.294 e. The Balaban J connectivity index is 1.28. The fraction of sp³-hybridized carbons (Fsp3) is 0.207. The normalized spacial score (nSPS) is 16.0. The number of halogens is 2. The third kappa shape index (κ3) is 5.79. The van der Waals surface area contributed by atoms with Gasteiger partial charge in [0.15, 0.2) is 11.5 Å². The smallest absolute Gasteiger partial charge is 0.294 e. The Morgan fingerprint density at radius 1 is 1.08 bits per heavy atom. The molecule has 3 aromatic rings. The summed E-state index contributed by atoms with van der Waals surface area (Å²) in [5.41, 5.74) is 3.04. The van der Waals surface area contributed by atoms with Crippen molar-refractivity contribution in [2.24, 2.45) is 0 Å². The van der Waals surface area contributed by atoms with Crippen LogP contribution in [0.3, 0.4) is 0 Å². The van der Waals surface area contributed by atoms with E-state index in [2.05, 4.69) is 0 Å². The fourth-order valence-corrected chi connectivity index (χ4v) is 5.50. The largest absolute Gasteiger partial charge is 0.493 e. The number of benzene rings is 3. The lowest BCUT2D eigenvalue weighted by Crippen LogP contribution is -2.44. The number of hydrogen-bond acceptors (Lipinski definition) is 6. The van der Waals surface area contributed by atoms with E-state index in [0.717, 1.165) is 28.6 Å². The van der Waals surface area contributed by atoms with Crippen LogP contribution in [0.2, 0.25) is 5.02 Å². The van der Waals surface area contributed by atoms with Crippen LogP contribution in [0.15, 0.2) is 65.6 Å². The maximum absolute atomic E-state index is 14.2. The van der Waals surface area contributed by atoms with Crippen molar-refractivity contribution in [3.63, 3.8) is 0 Å². The number of thioether (sulfide) groups is 1. The van der Waals surface area contributed by atoms with Crippen molar-refractivity contribution < 1.29 is 28.2 Å². The van der Waals surface area contributed by atoms with Crippen LogP contribution in [0.1, 0.15) is 22.3 Å². The van der Waals surface area contributed by atoms with Crippen molar-refractivity contribution in [1.29, 1.82) is 0 Å². The molecule has 0 bridgehead atoms. The maximum atomic E-state index is 14.2. The highest BCUT2D eigenvalue weighted by Crippen LogP contribution is 2.35. The number of rotatable bonds is 7. The first-order valence-corrected chi connectivity index (χ1v) is 13.4. The van der Waals surface area contributed by atoms with Crippen molar-refractivity contribution in [3.8, 4) is 11.5 Å². The van der Waals surface area contributed by atoms with Crippen LogP contribution in [0.25, 0.3) is 6.08 Å². The molecule has 0 unspecified atom stereocenters. The molecule has 0 spiro atoms. The van der Waals surface area contributed by atoms with Gasteiger partial charge in [-0.3, -0.25) is 19.3 Å². The SMILES string of the molecule is COc1ccc(/C=C2/SC(=O)N(CC(=O)N3CCc4ccccc4C3)C2=O)cc1OCc1c(F)cccc1Cl. The second-order valence-corrected chi connectivity index (χ2v) is 10.4. The van der Waals surface area contributed by atoms with E-state index in [4.69, 9.17) is 21.1 Å². The molecule has 0 aliphatic carbocycles. The number of carbonyl (C=O) groups excluding carboxylic acids is 3. The second kappa shape index (κ2) is 11.5. The lowest BCUT2D eigenvalue weighted by Gasteiger charge is -2.29. The zero-order chi connectivity index (χ0) is 27.5. The van der Waals surface area contributed by atoms with Crippen molar-refractivity contribution in [2.45, 2.75) is 19.6 Å². The summed E-state index contributed by atoms with van der Waals surface area (Å²) in [5, 5.41) is -0.265. The van der Waals surface area contributed by atoms with E-state index in [0.29, 0.717) is 30.2 Å². The predicted octanol–water partition coefficient (Wildman–Crippen LogP) is 5.69. The molecule has 1 saturated heterocycles. The van der Waals surface area contributed by atoms with Gasteiger partial charge in [-0.25, -0.2) is 4.39 Å². The molecule has 2 heterocycles. The average molecular weight is 567 g/mol. The van der Waals surface area contributed by atoms with Gasteiger partial charge in [0.25, 0.3) is 11.1 Å². The van der Waals surface area contributed by atoms with Crippen molar-refractivity contribution >= 4 is 46.5 Å². The average Bonchev–Trinajstić information content (AvgIpc) is 3.19. The number of methoxy groups -OCH3 is 1. The van der Waals surface area contributed by atoms with Crippen LogP contribution in [-0.4, -0.2) is 47.1 Å². The molecule has 0 N–H and O–H groups in total. The summed E-state index contributed by atoms with van der Waals surface area (Å²) >= 11 is 6.87. The van der Waals surface area contributed by atoms with E-state index in [9.17, 15) is 18.8 Å². The number of carbonyl (C=O) groups is 3. The summed E-state index contributed by atoms with van der Waals surface area (Å²) in [7, 11) is 1.47. The molecule has 39 heavy (non-hydrogen) atoms. The number of amides is 3. The molecule has 0 aromatic heterocycles. The van der Waals surface area contributed by atoms with Gasteiger partial charge in [-0.2, -0.15) is 0 Å². The van der Waals surface area contributed by atoms with E-state index in [1.165, 1.54) is 24.8 Å². The standard InChI is InChI=1S/C29H24ClFN2O5S/c1-37-24-10-9-18(13-25(24)38-17-21-22(30)7-4-8-23(21)31)14-26-28(35)33(29(36)39-26)16-27(34)32-12-11-19-5-2-3-6-20(19)15-32/h2-10,13-14H,11-12,15-17H2,1H3/b26-14+. The van der Waals surface area contributed by atoms with E-state index in [-0.39, 0.29) is 34.6 Å². The van der Waals surface area contributed by atoms with Gasteiger partial charge in [0.05, 0.1) is 17.0 Å².